The first-order valence-corrected chi connectivity index (χ1v) is 10.5. The summed E-state index contributed by atoms with van der Waals surface area (Å²) >= 11 is 3.29. The van der Waals surface area contributed by atoms with Gasteiger partial charge < -0.3 is 13.9 Å². The average molecular weight is 363 g/mol. The Balaban J connectivity index is 2.66. The molecule has 6 heteroatoms. The number of hydrogen-bond acceptors (Lipinski definition) is 4. The zero-order valence-corrected chi connectivity index (χ0v) is 15.3. The fourth-order valence-electron chi connectivity index (χ4n) is 1.58. The van der Waals surface area contributed by atoms with E-state index < -0.39 is 25.4 Å². The molecule has 3 atom stereocenters. The van der Waals surface area contributed by atoms with Gasteiger partial charge in [-0.15, -0.1) is 6.42 Å². The molecule has 0 bridgehead atoms. The van der Waals surface area contributed by atoms with Crippen molar-refractivity contribution in [2.45, 2.75) is 55.9 Å². The topological polar surface area (TPSA) is 44.8 Å². The van der Waals surface area contributed by atoms with E-state index >= 15 is 0 Å². The highest BCUT2D eigenvalue weighted by Gasteiger charge is 2.46. The molecule has 0 radical (unpaired) electrons. The van der Waals surface area contributed by atoms with Crippen LogP contribution in [0.1, 0.15) is 20.8 Å². The summed E-state index contributed by atoms with van der Waals surface area (Å²) in [7, 11) is -1.88. The SMILES string of the molecule is C#CCO[C@H]1C(Br)C(=O)O[C@@H]1CO[Si](C)(C)C(C)(C)C. The molecule has 114 valence electrons. The summed E-state index contributed by atoms with van der Waals surface area (Å²) in [4.78, 5) is 11.2. The van der Waals surface area contributed by atoms with Crippen LogP contribution in [0.15, 0.2) is 0 Å². The van der Waals surface area contributed by atoms with Crippen LogP contribution in [0.4, 0.5) is 0 Å². The molecule has 0 aromatic heterocycles. The Morgan fingerprint density at radius 3 is 2.55 bits per heavy atom. The molecular weight excluding hydrogens is 340 g/mol. The van der Waals surface area contributed by atoms with E-state index in [0.29, 0.717) is 6.61 Å². The summed E-state index contributed by atoms with van der Waals surface area (Å²) in [6, 6.07) is 0. The van der Waals surface area contributed by atoms with Gasteiger partial charge in [-0.1, -0.05) is 42.6 Å². The number of rotatable bonds is 5. The zero-order valence-electron chi connectivity index (χ0n) is 12.7. The van der Waals surface area contributed by atoms with Crippen molar-refractivity contribution in [3.8, 4) is 12.3 Å². The van der Waals surface area contributed by atoms with Crippen LogP contribution in [-0.2, 0) is 18.7 Å². The van der Waals surface area contributed by atoms with E-state index in [4.69, 9.17) is 20.3 Å². The fraction of sp³-hybridized carbons (Fsp3) is 0.786. The molecule has 4 nitrogen and oxygen atoms in total. The molecule has 0 spiro atoms. The number of alkyl halides is 1. The third kappa shape index (κ3) is 4.07. The molecule has 1 saturated heterocycles. The lowest BCUT2D eigenvalue weighted by Gasteiger charge is -2.37. The molecule has 1 rings (SSSR count). The van der Waals surface area contributed by atoms with Gasteiger partial charge in [0.15, 0.2) is 14.4 Å². The third-order valence-electron chi connectivity index (χ3n) is 3.92. The second kappa shape index (κ2) is 6.61. The second-order valence-electron chi connectivity index (χ2n) is 6.43. The minimum atomic E-state index is -1.88. The standard InChI is InChI=1S/C14H23BrO4Si/c1-7-8-17-12-10(19-13(16)11(12)15)9-18-20(5,6)14(2,3)4/h1,10-12H,8-9H2,2-6H3/t10-,11?,12-/m1/s1. The monoisotopic (exact) mass is 362 g/mol. The van der Waals surface area contributed by atoms with Crippen LogP contribution in [0.5, 0.6) is 0 Å². The number of carbonyl (C=O) groups is 1. The molecule has 0 N–H and O–H groups in total. The first kappa shape index (κ1) is 17.7. The highest BCUT2D eigenvalue weighted by Crippen LogP contribution is 2.37. The second-order valence-corrected chi connectivity index (χ2v) is 12.2. The predicted octanol–water partition coefficient (Wildman–Crippen LogP) is 2.72. The lowest BCUT2D eigenvalue weighted by Crippen LogP contribution is -2.44. The highest BCUT2D eigenvalue weighted by molar-refractivity contribution is 9.10. The average Bonchev–Trinajstić information content (AvgIpc) is 2.59. The number of halogens is 1. The Morgan fingerprint density at radius 1 is 1.45 bits per heavy atom. The molecule has 1 aliphatic heterocycles. The summed E-state index contributed by atoms with van der Waals surface area (Å²) in [5.41, 5.74) is 0. The van der Waals surface area contributed by atoms with Crippen LogP contribution < -0.4 is 0 Å². The Kier molecular flexibility index (Phi) is 5.85. The van der Waals surface area contributed by atoms with Crippen LogP contribution in [-0.4, -0.2) is 44.5 Å². The van der Waals surface area contributed by atoms with E-state index in [1.54, 1.807) is 0 Å². The fourth-order valence-corrected chi connectivity index (χ4v) is 3.19. The van der Waals surface area contributed by atoms with Gasteiger partial charge in [-0.05, 0) is 18.1 Å². The van der Waals surface area contributed by atoms with E-state index in [9.17, 15) is 4.79 Å². The lowest BCUT2D eigenvalue weighted by atomic mass is 10.2. The largest absolute Gasteiger partial charge is 0.456 e. The Morgan fingerprint density at radius 2 is 2.05 bits per heavy atom. The summed E-state index contributed by atoms with van der Waals surface area (Å²) < 4.78 is 16.9. The van der Waals surface area contributed by atoms with Crippen molar-refractivity contribution in [2.75, 3.05) is 13.2 Å². The molecule has 0 amide bonds. The number of terminal acetylenes is 1. The molecule has 0 aromatic carbocycles. The smallest absolute Gasteiger partial charge is 0.323 e. The van der Waals surface area contributed by atoms with E-state index in [0.717, 1.165) is 0 Å². The zero-order chi connectivity index (χ0) is 15.6. The Hall–Kier alpha value is -0.353. The number of cyclic esters (lactones) is 1. The number of esters is 1. The van der Waals surface area contributed by atoms with Gasteiger partial charge in [0.2, 0.25) is 0 Å². The third-order valence-corrected chi connectivity index (χ3v) is 9.32. The molecule has 1 aliphatic rings. The first-order chi connectivity index (χ1) is 9.10. The van der Waals surface area contributed by atoms with Crippen LogP contribution in [0.3, 0.4) is 0 Å². The van der Waals surface area contributed by atoms with Crippen molar-refractivity contribution in [2.24, 2.45) is 0 Å². The van der Waals surface area contributed by atoms with Gasteiger partial charge in [-0.3, -0.25) is 4.79 Å². The van der Waals surface area contributed by atoms with Gasteiger partial charge in [-0.25, -0.2) is 0 Å². The van der Waals surface area contributed by atoms with Crippen LogP contribution in [0.2, 0.25) is 18.1 Å². The van der Waals surface area contributed by atoms with E-state index in [2.05, 4.69) is 55.7 Å². The maximum absolute atomic E-state index is 11.6. The molecule has 0 aromatic rings. The molecule has 1 heterocycles. The van der Waals surface area contributed by atoms with Gasteiger partial charge in [0.05, 0.1) is 6.61 Å². The van der Waals surface area contributed by atoms with E-state index in [1.807, 2.05) is 0 Å². The molecular formula is C14H23BrO4Si. The number of hydrogen-bond donors (Lipinski definition) is 0. The van der Waals surface area contributed by atoms with Crippen molar-refractivity contribution in [1.82, 2.24) is 0 Å². The molecule has 1 fully saturated rings. The van der Waals surface area contributed by atoms with Crippen molar-refractivity contribution >= 4 is 30.2 Å². The quantitative estimate of drug-likeness (QED) is 0.326. The van der Waals surface area contributed by atoms with Gasteiger partial charge in [0.1, 0.15) is 17.5 Å². The van der Waals surface area contributed by atoms with Gasteiger partial charge in [-0.2, -0.15) is 0 Å². The molecule has 0 saturated carbocycles. The highest BCUT2D eigenvalue weighted by atomic mass is 79.9. The molecule has 20 heavy (non-hydrogen) atoms. The van der Waals surface area contributed by atoms with E-state index in [1.165, 1.54) is 0 Å². The van der Waals surface area contributed by atoms with Gasteiger partial charge in [0, 0.05) is 0 Å². The summed E-state index contributed by atoms with van der Waals surface area (Å²) in [6.07, 6.45) is 4.38. The lowest BCUT2D eigenvalue weighted by molar-refractivity contribution is -0.142. The first-order valence-electron chi connectivity index (χ1n) is 6.64. The maximum atomic E-state index is 11.6. The Bertz CT molecular complexity index is 397. The predicted molar refractivity (Wildman–Crippen MR) is 84.3 cm³/mol. The van der Waals surface area contributed by atoms with Gasteiger partial charge in [0.25, 0.3) is 0 Å². The minimum Gasteiger partial charge on any atom is -0.456 e. The number of ether oxygens (including phenoxy) is 2. The van der Waals surface area contributed by atoms with Gasteiger partial charge >= 0.3 is 5.97 Å². The van der Waals surface area contributed by atoms with Crippen molar-refractivity contribution < 1.29 is 18.7 Å². The molecule has 1 unspecified atom stereocenters. The normalized spacial score (nSPS) is 27.2. The van der Waals surface area contributed by atoms with E-state index in [-0.39, 0.29) is 17.6 Å². The summed E-state index contributed by atoms with van der Waals surface area (Å²) in [6.45, 7) is 11.3. The molecule has 0 aliphatic carbocycles. The van der Waals surface area contributed by atoms with Crippen molar-refractivity contribution in [3.05, 3.63) is 0 Å². The maximum Gasteiger partial charge on any atom is 0.323 e. The van der Waals surface area contributed by atoms with Crippen LogP contribution >= 0.6 is 15.9 Å². The summed E-state index contributed by atoms with van der Waals surface area (Å²) in [5.74, 6) is 2.08. The minimum absolute atomic E-state index is 0.110. The van der Waals surface area contributed by atoms with Crippen LogP contribution in [0.25, 0.3) is 0 Å². The Labute approximate surface area is 130 Å². The number of carbonyl (C=O) groups excluding carboxylic acids is 1. The van der Waals surface area contributed by atoms with Crippen molar-refractivity contribution in [3.63, 3.8) is 0 Å². The summed E-state index contributed by atoms with van der Waals surface area (Å²) in [5, 5.41) is 0.110. The van der Waals surface area contributed by atoms with Crippen molar-refractivity contribution in [1.29, 1.82) is 0 Å². The van der Waals surface area contributed by atoms with Crippen LogP contribution in [0, 0.1) is 12.3 Å².